The molecular weight excluding hydrogens is 369 g/mol. The van der Waals surface area contributed by atoms with Gasteiger partial charge in [0.05, 0.1) is 0 Å². The highest BCUT2D eigenvalue weighted by Gasteiger charge is 2.38. The Morgan fingerprint density at radius 1 is 1.03 bits per heavy atom. The molecule has 0 radical (unpaired) electrons. The lowest BCUT2D eigenvalue weighted by molar-refractivity contribution is -0.136. The lowest BCUT2D eigenvalue weighted by Gasteiger charge is -2.39. The Bertz CT molecular complexity index is 891. The summed E-state index contributed by atoms with van der Waals surface area (Å²) in [6, 6.07) is 13.6. The standard InChI is InChI=1S/C23H26FN3O2/c1-2-5-21(27-16-17-6-3-4-7-20(17)22(27)28)23(29)26-14-12-25(13-15-26)19-10-8-18(24)9-11-19/h3-4,6-11,21H,2,5,12-16H2,1H3/t21-/m1/s1. The van der Waals surface area contributed by atoms with Gasteiger partial charge < -0.3 is 14.7 Å². The number of halogens is 1. The minimum absolute atomic E-state index is 0.0340. The van der Waals surface area contributed by atoms with Crippen molar-refractivity contribution in [2.24, 2.45) is 0 Å². The molecule has 29 heavy (non-hydrogen) atoms. The number of fused-ring (bicyclic) bond motifs is 1. The maximum absolute atomic E-state index is 13.3. The molecule has 0 bridgehead atoms. The Kier molecular flexibility index (Phi) is 5.51. The van der Waals surface area contributed by atoms with E-state index in [2.05, 4.69) is 4.90 Å². The molecule has 0 saturated carbocycles. The van der Waals surface area contributed by atoms with Crippen LogP contribution in [0.1, 0.15) is 35.7 Å². The van der Waals surface area contributed by atoms with Gasteiger partial charge in [0.25, 0.3) is 5.91 Å². The van der Waals surface area contributed by atoms with Crippen LogP contribution in [0.5, 0.6) is 0 Å². The summed E-state index contributed by atoms with van der Waals surface area (Å²) < 4.78 is 13.2. The molecule has 2 aromatic rings. The minimum Gasteiger partial charge on any atom is -0.368 e. The van der Waals surface area contributed by atoms with Gasteiger partial charge in [-0.1, -0.05) is 31.5 Å². The average Bonchev–Trinajstić information content (AvgIpc) is 3.09. The molecule has 0 aromatic heterocycles. The third kappa shape index (κ3) is 3.84. The summed E-state index contributed by atoms with van der Waals surface area (Å²) >= 11 is 0. The Morgan fingerprint density at radius 2 is 1.72 bits per heavy atom. The lowest BCUT2D eigenvalue weighted by atomic mass is 10.1. The molecule has 4 rings (SSSR count). The largest absolute Gasteiger partial charge is 0.368 e. The number of hydrogen-bond donors (Lipinski definition) is 0. The van der Waals surface area contributed by atoms with Crippen molar-refractivity contribution < 1.29 is 14.0 Å². The van der Waals surface area contributed by atoms with Gasteiger partial charge in [-0.05, 0) is 42.3 Å². The zero-order valence-electron chi connectivity index (χ0n) is 16.7. The van der Waals surface area contributed by atoms with E-state index in [1.165, 1.54) is 12.1 Å². The van der Waals surface area contributed by atoms with E-state index in [1.54, 1.807) is 17.0 Å². The number of carbonyl (C=O) groups excluding carboxylic acids is 2. The number of piperazine rings is 1. The second-order valence-corrected chi connectivity index (χ2v) is 7.68. The molecule has 0 aliphatic carbocycles. The number of benzene rings is 2. The normalized spacial score (nSPS) is 17.4. The van der Waals surface area contributed by atoms with E-state index in [-0.39, 0.29) is 17.6 Å². The van der Waals surface area contributed by atoms with Crippen LogP contribution in [0.15, 0.2) is 48.5 Å². The second kappa shape index (κ2) is 8.23. The SMILES string of the molecule is CCC[C@H](C(=O)N1CCN(c2ccc(F)cc2)CC1)N1Cc2ccccc2C1=O. The Hall–Kier alpha value is -2.89. The highest BCUT2D eigenvalue weighted by molar-refractivity contribution is 6.01. The molecule has 6 heteroatoms. The van der Waals surface area contributed by atoms with Crippen molar-refractivity contribution in [3.8, 4) is 0 Å². The summed E-state index contributed by atoms with van der Waals surface area (Å²) in [5.74, 6) is -0.259. The highest BCUT2D eigenvalue weighted by Crippen LogP contribution is 2.27. The zero-order valence-corrected chi connectivity index (χ0v) is 16.7. The fraction of sp³-hybridized carbons (Fsp3) is 0.391. The molecule has 1 fully saturated rings. The third-order valence-corrected chi connectivity index (χ3v) is 5.86. The number of nitrogens with zero attached hydrogens (tertiary/aromatic N) is 3. The molecule has 2 aromatic carbocycles. The van der Waals surface area contributed by atoms with Crippen LogP contribution in [-0.2, 0) is 11.3 Å². The molecule has 152 valence electrons. The van der Waals surface area contributed by atoms with Crippen LogP contribution in [0.25, 0.3) is 0 Å². The van der Waals surface area contributed by atoms with Gasteiger partial charge in [0.2, 0.25) is 5.91 Å². The molecule has 0 unspecified atom stereocenters. The molecule has 2 aliphatic heterocycles. The van der Waals surface area contributed by atoms with Crippen LogP contribution in [0.2, 0.25) is 0 Å². The van der Waals surface area contributed by atoms with E-state index in [1.807, 2.05) is 36.1 Å². The van der Waals surface area contributed by atoms with Crippen LogP contribution in [0, 0.1) is 5.82 Å². The van der Waals surface area contributed by atoms with Gasteiger partial charge in [0, 0.05) is 44.0 Å². The number of rotatable bonds is 5. The fourth-order valence-electron chi connectivity index (χ4n) is 4.26. The first-order chi connectivity index (χ1) is 14.1. The first-order valence-electron chi connectivity index (χ1n) is 10.3. The van der Waals surface area contributed by atoms with E-state index in [9.17, 15) is 14.0 Å². The van der Waals surface area contributed by atoms with Gasteiger partial charge in [-0.2, -0.15) is 0 Å². The second-order valence-electron chi connectivity index (χ2n) is 7.68. The number of hydrogen-bond acceptors (Lipinski definition) is 3. The molecule has 2 amide bonds. The first-order valence-corrected chi connectivity index (χ1v) is 10.3. The minimum atomic E-state index is -0.419. The van der Waals surface area contributed by atoms with Gasteiger partial charge in [-0.15, -0.1) is 0 Å². The molecule has 0 spiro atoms. The van der Waals surface area contributed by atoms with Crippen molar-refractivity contribution >= 4 is 17.5 Å². The van der Waals surface area contributed by atoms with E-state index in [0.717, 1.165) is 17.7 Å². The predicted octanol–water partition coefficient (Wildman–Crippen LogP) is 3.30. The van der Waals surface area contributed by atoms with Gasteiger partial charge in [0.15, 0.2) is 0 Å². The van der Waals surface area contributed by atoms with Crippen LogP contribution < -0.4 is 4.90 Å². The molecule has 1 atom stereocenters. The highest BCUT2D eigenvalue weighted by atomic mass is 19.1. The molecule has 2 heterocycles. The summed E-state index contributed by atoms with van der Waals surface area (Å²) in [7, 11) is 0. The van der Waals surface area contributed by atoms with Crippen LogP contribution >= 0.6 is 0 Å². The Labute approximate surface area is 170 Å². The van der Waals surface area contributed by atoms with Crippen molar-refractivity contribution in [2.45, 2.75) is 32.4 Å². The molecule has 1 saturated heterocycles. The smallest absolute Gasteiger partial charge is 0.255 e. The van der Waals surface area contributed by atoms with Gasteiger partial charge in [0.1, 0.15) is 11.9 Å². The zero-order chi connectivity index (χ0) is 20.4. The number of anilines is 1. The van der Waals surface area contributed by atoms with Crippen LogP contribution in [0.3, 0.4) is 0 Å². The quantitative estimate of drug-likeness (QED) is 0.780. The molecule has 2 aliphatic rings. The van der Waals surface area contributed by atoms with E-state index >= 15 is 0 Å². The summed E-state index contributed by atoms with van der Waals surface area (Å²) in [4.78, 5) is 32.0. The molecule has 5 nitrogen and oxygen atoms in total. The van der Waals surface area contributed by atoms with Gasteiger partial charge in [-0.25, -0.2) is 4.39 Å². The van der Waals surface area contributed by atoms with Crippen molar-refractivity contribution in [1.29, 1.82) is 0 Å². The molecule has 0 N–H and O–H groups in total. The Balaban J connectivity index is 1.43. The van der Waals surface area contributed by atoms with Crippen molar-refractivity contribution in [1.82, 2.24) is 9.80 Å². The van der Waals surface area contributed by atoms with Crippen molar-refractivity contribution in [3.05, 3.63) is 65.5 Å². The molecular formula is C23H26FN3O2. The van der Waals surface area contributed by atoms with Gasteiger partial charge >= 0.3 is 0 Å². The third-order valence-electron chi connectivity index (χ3n) is 5.86. The maximum atomic E-state index is 13.3. The lowest BCUT2D eigenvalue weighted by Crippen LogP contribution is -2.55. The Morgan fingerprint density at radius 3 is 2.38 bits per heavy atom. The van der Waals surface area contributed by atoms with E-state index in [4.69, 9.17) is 0 Å². The monoisotopic (exact) mass is 395 g/mol. The number of amides is 2. The summed E-state index contributed by atoms with van der Waals surface area (Å²) in [5, 5.41) is 0. The summed E-state index contributed by atoms with van der Waals surface area (Å²) in [5.41, 5.74) is 2.67. The van der Waals surface area contributed by atoms with E-state index < -0.39 is 6.04 Å². The summed E-state index contributed by atoms with van der Waals surface area (Å²) in [6.45, 7) is 5.15. The van der Waals surface area contributed by atoms with Gasteiger partial charge in [-0.3, -0.25) is 9.59 Å². The van der Waals surface area contributed by atoms with Crippen molar-refractivity contribution in [3.63, 3.8) is 0 Å². The summed E-state index contributed by atoms with van der Waals surface area (Å²) in [6.07, 6.45) is 1.50. The van der Waals surface area contributed by atoms with E-state index in [0.29, 0.717) is 44.7 Å². The fourth-order valence-corrected chi connectivity index (χ4v) is 4.26. The average molecular weight is 395 g/mol. The first kappa shape index (κ1) is 19.4. The number of carbonyl (C=O) groups is 2. The van der Waals surface area contributed by atoms with Crippen LogP contribution in [-0.4, -0.2) is 53.8 Å². The van der Waals surface area contributed by atoms with Crippen LogP contribution in [0.4, 0.5) is 10.1 Å². The predicted molar refractivity (Wildman–Crippen MR) is 110 cm³/mol. The van der Waals surface area contributed by atoms with Crippen molar-refractivity contribution in [2.75, 3.05) is 31.1 Å². The maximum Gasteiger partial charge on any atom is 0.255 e. The topological polar surface area (TPSA) is 43.9 Å².